The molecule has 3 aromatic heterocycles. The molecule has 104 heavy (non-hydrogen) atoms. The van der Waals surface area contributed by atoms with Crippen LogP contribution in [-0.2, 0) is 0 Å². The van der Waals surface area contributed by atoms with Crippen molar-refractivity contribution in [1.82, 2.24) is 24.1 Å². The van der Waals surface area contributed by atoms with Crippen molar-refractivity contribution in [2.45, 2.75) is 0 Å². The Labute approximate surface area is 595 Å². The molecule has 16 rings (SSSR count). The molecular formula is C90H44N14. The van der Waals surface area contributed by atoms with E-state index in [-0.39, 0.29) is 0 Å². The highest BCUT2D eigenvalue weighted by atomic mass is 15.0. The van der Waals surface area contributed by atoms with Gasteiger partial charge in [-0.3, -0.25) is 0 Å². The first-order chi connectivity index (χ1) is 51.1. The normalized spacial score (nSPS) is 10.8. The van der Waals surface area contributed by atoms with Gasteiger partial charge in [0.25, 0.3) is 0 Å². The molecule has 0 aliphatic heterocycles. The van der Waals surface area contributed by atoms with Gasteiger partial charge < -0.3 is 9.13 Å². The fourth-order valence-corrected chi connectivity index (χ4v) is 14.0. The van der Waals surface area contributed by atoms with Crippen molar-refractivity contribution >= 4 is 43.6 Å². The molecule has 0 unspecified atom stereocenters. The molecule has 0 saturated heterocycles. The molecule has 474 valence electrons. The Morgan fingerprint density at radius 2 is 0.510 bits per heavy atom. The Kier molecular flexibility index (Phi) is 15.7. The third-order valence-corrected chi connectivity index (χ3v) is 18.9. The average molecular weight is 1320 g/mol. The summed E-state index contributed by atoms with van der Waals surface area (Å²) in [5, 5.41) is 95.4. The second kappa shape index (κ2) is 26.0. The topological polar surface area (TPSA) is 263 Å². The molecule has 0 spiro atoms. The van der Waals surface area contributed by atoms with Crippen LogP contribution in [-0.4, -0.2) is 24.1 Å². The van der Waals surface area contributed by atoms with E-state index in [4.69, 9.17) is 15.0 Å². The standard InChI is InChI=1S/C90H44N14/c91-45-54-11-17-59(18-12-54)62-19-29-76(87(44-62)104-85-32-22-65(74-27-15-57(48-94)37-70(74)52-98)41-80(85)81-42-66(23-33-86(81)104)75-28-16-58(49-95)38-71(75)53-99)77-43-67(90-101-88(60-7-3-1-4-8-60)100-89(102-90)61-9-5-2-6-10-61)24-34-82(77)103-83-30-20-63(72-25-13-55(46-92)35-68(72)50-96)39-78(83)79-40-64(21-31-84(79)103)73-26-14-56(47-93)36-69(73)51-97/h1-44H. The number of aromatic nitrogens is 5. The Bertz CT molecular complexity index is 6450. The minimum atomic E-state index is 0.318. The molecular weight excluding hydrogens is 1280 g/mol. The van der Waals surface area contributed by atoms with Gasteiger partial charge in [-0.05, 0) is 189 Å². The largest absolute Gasteiger partial charge is 0.309 e. The van der Waals surface area contributed by atoms with Crippen LogP contribution in [0, 0.1) is 102 Å². The highest BCUT2D eigenvalue weighted by Crippen LogP contribution is 2.47. The minimum absolute atomic E-state index is 0.318. The molecule has 0 aliphatic carbocycles. The van der Waals surface area contributed by atoms with E-state index < -0.39 is 0 Å². The predicted molar refractivity (Wildman–Crippen MR) is 400 cm³/mol. The number of nitrogens with zero attached hydrogens (tertiary/aromatic N) is 14. The zero-order chi connectivity index (χ0) is 71.1. The highest BCUT2D eigenvalue weighted by molar-refractivity contribution is 6.14. The molecule has 0 N–H and O–H groups in total. The molecule has 3 heterocycles. The zero-order valence-corrected chi connectivity index (χ0v) is 54.7. The van der Waals surface area contributed by atoms with Gasteiger partial charge in [0.15, 0.2) is 17.5 Å². The van der Waals surface area contributed by atoms with Gasteiger partial charge >= 0.3 is 0 Å². The van der Waals surface area contributed by atoms with E-state index in [9.17, 15) is 47.4 Å². The maximum Gasteiger partial charge on any atom is 0.164 e. The highest BCUT2D eigenvalue weighted by Gasteiger charge is 2.26. The number of hydrogen-bond acceptors (Lipinski definition) is 12. The summed E-state index contributed by atoms with van der Waals surface area (Å²) < 4.78 is 4.43. The number of benzene rings is 13. The van der Waals surface area contributed by atoms with Crippen LogP contribution < -0.4 is 0 Å². The summed E-state index contributed by atoms with van der Waals surface area (Å²) in [6.45, 7) is 0. The van der Waals surface area contributed by atoms with Gasteiger partial charge in [0.2, 0.25) is 0 Å². The van der Waals surface area contributed by atoms with E-state index in [1.807, 2.05) is 152 Å². The SMILES string of the molecule is N#Cc1ccc(-c2ccc(-c3cc(-c4nc(-c5ccccc5)nc(-c5ccccc5)n4)ccc3-n3c4ccc(-c5ccc(C#N)cc5C#N)cc4c4cc(-c5ccc(C#N)cc5C#N)ccc43)c(-n3c4ccc(-c5ccc(C#N)cc5C#N)cc4c4cc(-c5ccc(C#N)cc5C#N)ccc43)c2)cc1. The second-order valence-corrected chi connectivity index (χ2v) is 24.7. The number of rotatable bonds is 11. The molecule has 0 amide bonds. The van der Waals surface area contributed by atoms with Gasteiger partial charge in [0, 0.05) is 49.4 Å². The van der Waals surface area contributed by atoms with Gasteiger partial charge in [-0.2, -0.15) is 47.4 Å². The van der Waals surface area contributed by atoms with Crippen molar-refractivity contribution in [2.75, 3.05) is 0 Å². The number of fused-ring (bicyclic) bond motifs is 6. The molecule has 13 aromatic carbocycles. The summed E-state index contributed by atoms with van der Waals surface area (Å²) in [6, 6.07) is 104. The first-order valence-corrected chi connectivity index (χ1v) is 32.7. The van der Waals surface area contributed by atoms with Crippen molar-refractivity contribution in [3.05, 3.63) is 317 Å². The van der Waals surface area contributed by atoms with Gasteiger partial charge in [0.1, 0.15) is 0 Å². The van der Waals surface area contributed by atoms with Crippen LogP contribution in [0.5, 0.6) is 0 Å². The monoisotopic (exact) mass is 1320 g/mol. The maximum absolute atomic E-state index is 10.6. The predicted octanol–water partition coefficient (Wildman–Crippen LogP) is 19.9. The molecule has 16 aromatic rings. The van der Waals surface area contributed by atoms with Crippen molar-refractivity contribution in [3.63, 3.8) is 0 Å². The van der Waals surface area contributed by atoms with E-state index in [1.54, 1.807) is 84.9 Å². The Morgan fingerprint density at radius 1 is 0.202 bits per heavy atom. The zero-order valence-electron chi connectivity index (χ0n) is 54.7. The first-order valence-electron chi connectivity index (χ1n) is 32.7. The van der Waals surface area contributed by atoms with Crippen LogP contribution in [0.4, 0.5) is 0 Å². The van der Waals surface area contributed by atoms with Crippen molar-refractivity contribution in [2.24, 2.45) is 0 Å². The summed E-state index contributed by atoms with van der Waals surface area (Å²) in [7, 11) is 0. The van der Waals surface area contributed by atoms with E-state index in [2.05, 4.69) is 94.1 Å². The molecule has 14 nitrogen and oxygen atoms in total. The van der Waals surface area contributed by atoms with Crippen molar-refractivity contribution < 1.29 is 0 Å². The Hall–Kier alpha value is -16.1. The van der Waals surface area contributed by atoms with Crippen LogP contribution in [0.25, 0.3) is 156 Å². The van der Waals surface area contributed by atoms with E-state index in [0.717, 1.165) is 88.2 Å². The summed E-state index contributed by atoms with van der Waals surface area (Å²) in [5.41, 5.74) is 18.3. The molecule has 14 heteroatoms. The quantitative estimate of drug-likeness (QED) is 0.117. The third-order valence-electron chi connectivity index (χ3n) is 18.9. The molecule has 0 atom stereocenters. The lowest BCUT2D eigenvalue weighted by atomic mass is 9.94. The van der Waals surface area contributed by atoms with Gasteiger partial charge in [-0.15, -0.1) is 0 Å². The van der Waals surface area contributed by atoms with Crippen LogP contribution in [0.3, 0.4) is 0 Å². The Balaban J connectivity index is 1.03. The second-order valence-electron chi connectivity index (χ2n) is 24.7. The van der Waals surface area contributed by atoms with Gasteiger partial charge in [-0.25, -0.2) is 15.0 Å². The van der Waals surface area contributed by atoms with Crippen LogP contribution in [0.2, 0.25) is 0 Å². The summed E-state index contributed by atoms with van der Waals surface area (Å²) in [5.74, 6) is 1.31. The van der Waals surface area contributed by atoms with E-state index in [1.165, 1.54) is 0 Å². The third kappa shape index (κ3) is 10.9. The van der Waals surface area contributed by atoms with Gasteiger partial charge in [-0.1, -0.05) is 133 Å². The van der Waals surface area contributed by atoms with E-state index >= 15 is 0 Å². The molecule has 0 bridgehead atoms. The summed E-state index contributed by atoms with van der Waals surface area (Å²) in [4.78, 5) is 15.6. The minimum Gasteiger partial charge on any atom is -0.309 e. The fourth-order valence-electron chi connectivity index (χ4n) is 14.0. The van der Waals surface area contributed by atoms with E-state index in [0.29, 0.717) is 118 Å². The number of hydrogen-bond donors (Lipinski definition) is 0. The van der Waals surface area contributed by atoms with Crippen molar-refractivity contribution in [3.8, 4) is 167 Å². The molecule has 0 radical (unpaired) electrons. The first kappa shape index (κ1) is 62.7. The molecule has 0 aliphatic rings. The Morgan fingerprint density at radius 3 is 0.865 bits per heavy atom. The lowest BCUT2D eigenvalue weighted by Crippen LogP contribution is -2.04. The van der Waals surface area contributed by atoms with Crippen LogP contribution in [0.15, 0.2) is 267 Å². The van der Waals surface area contributed by atoms with Gasteiger partial charge in [0.05, 0.1) is 138 Å². The molecule has 0 saturated carbocycles. The van der Waals surface area contributed by atoms with Crippen LogP contribution >= 0.6 is 0 Å². The smallest absolute Gasteiger partial charge is 0.164 e. The lowest BCUT2D eigenvalue weighted by molar-refractivity contribution is 1.07. The number of nitriles is 9. The summed E-state index contributed by atoms with van der Waals surface area (Å²) in [6.07, 6.45) is 0. The summed E-state index contributed by atoms with van der Waals surface area (Å²) >= 11 is 0. The molecule has 0 fully saturated rings. The maximum atomic E-state index is 10.6. The average Bonchev–Trinajstić information content (AvgIpc) is 1.54. The lowest BCUT2D eigenvalue weighted by Gasteiger charge is -2.21. The van der Waals surface area contributed by atoms with Crippen LogP contribution in [0.1, 0.15) is 50.1 Å². The van der Waals surface area contributed by atoms with Crippen molar-refractivity contribution in [1.29, 1.82) is 47.4 Å². The fraction of sp³-hybridized carbons (Fsp3) is 0.